The maximum atomic E-state index is 11.5. The number of hydrogen-bond acceptors (Lipinski definition) is 1. The number of benzene rings is 1. The molecule has 1 aromatic rings. The maximum absolute atomic E-state index is 11.5. The smallest absolute Gasteiger partial charge is 0.223 e. The Kier molecular flexibility index (Phi) is 2.53. The molecule has 1 aromatic carbocycles. The van der Waals surface area contributed by atoms with Crippen LogP contribution >= 0.6 is 0 Å². The molecule has 0 spiro atoms. The molecule has 2 rings (SSSR count). The topological polar surface area (TPSA) is 29.1 Å². The van der Waals surface area contributed by atoms with E-state index >= 15 is 0 Å². The molecule has 1 atom stereocenters. The Balaban J connectivity index is 2.17. The molecule has 0 radical (unpaired) electrons. The van der Waals surface area contributed by atoms with Crippen molar-refractivity contribution >= 4 is 5.91 Å². The molecule has 1 N–H and O–H groups in total. The Morgan fingerprint density at radius 2 is 2.07 bits per heavy atom. The van der Waals surface area contributed by atoms with E-state index < -0.39 is 0 Å². The lowest BCUT2D eigenvalue weighted by molar-refractivity contribution is -0.124. The van der Waals surface area contributed by atoms with Gasteiger partial charge < -0.3 is 5.32 Å². The molecule has 1 amide bonds. The summed E-state index contributed by atoms with van der Waals surface area (Å²) < 4.78 is 0. The molecule has 0 bridgehead atoms. The standard InChI is InChI=1S/C12H15NO/c1-13-12(14)11-7-6-9-4-2-3-5-10(9)8-11/h2-5,11H,6-8H2,1H3,(H,13,14). The first-order valence-corrected chi connectivity index (χ1v) is 5.09. The lowest BCUT2D eigenvalue weighted by atomic mass is 9.83. The van der Waals surface area contributed by atoms with Gasteiger partial charge in [0.25, 0.3) is 0 Å². The first-order valence-electron chi connectivity index (χ1n) is 5.09. The van der Waals surface area contributed by atoms with Crippen LogP contribution in [0.1, 0.15) is 17.5 Å². The van der Waals surface area contributed by atoms with E-state index in [1.165, 1.54) is 11.1 Å². The van der Waals surface area contributed by atoms with Crippen molar-refractivity contribution in [3.05, 3.63) is 35.4 Å². The van der Waals surface area contributed by atoms with Gasteiger partial charge in [0.1, 0.15) is 0 Å². The predicted octanol–water partition coefficient (Wildman–Crippen LogP) is 1.54. The lowest BCUT2D eigenvalue weighted by Gasteiger charge is -2.22. The molecule has 0 fully saturated rings. The van der Waals surface area contributed by atoms with Crippen molar-refractivity contribution in [3.8, 4) is 0 Å². The number of aryl methyl sites for hydroxylation is 1. The number of amides is 1. The average Bonchev–Trinajstić information content (AvgIpc) is 2.27. The zero-order valence-electron chi connectivity index (χ0n) is 8.42. The van der Waals surface area contributed by atoms with Gasteiger partial charge in [0.05, 0.1) is 0 Å². The molecule has 74 valence electrons. The Labute approximate surface area is 84.3 Å². The highest BCUT2D eigenvalue weighted by Crippen LogP contribution is 2.25. The van der Waals surface area contributed by atoms with E-state index in [2.05, 4.69) is 23.5 Å². The number of rotatable bonds is 1. The maximum Gasteiger partial charge on any atom is 0.223 e. The summed E-state index contributed by atoms with van der Waals surface area (Å²) in [5.74, 6) is 0.356. The second-order valence-corrected chi connectivity index (χ2v) is 3.82. The number of carbonyl (C=O) groups excluding carboxylic acids is 1. The Morgan fingerprint density at radius 3 is 2.79 bits per heavy atom. The third kappa shape index (κ3) is 1.65. The zero-order chi connectivity index (χ0) is 9.97. The summed E-state index contributed by atoms with van der Waals surface area (Å²) >= 11 is 0. The largest absolute Gasteiger partial charge is 0.359 e. The minimum Gasteiger partial charge on any atom is -0.359 e. The Bertz CT molecular complexity index is 346. The Morgan fingerprint density at radius 1 is 1.36 bits per heavy atom. The van der Waals surface area contributed by atoms with Crippen LogP contribution in [0.3, 0.4) is 0 Å². The SMILES string of the molecule is CNC(=O)C1CCc2ccccc2C1. The third-order valence-corrected chi connectivity index (χ3v) is 2.96. The number of carbonyl (C=O) groups is 1. The molecule has 1 aliphatic rings. The van der Waals surface area contributed by atoms with Crippen LogP contribution in [-0.2, 0) is 17.6 Å². The highest BCUT2D eigenvalue weighted by atomic mass is 16.1. The van der Waals surface area contributed by atoms with E-state index in [1.807, 2.05) is 6.07 Å². The van der Waals surface area contributed by atoms with Gasteiger partial charge in [-0.3, -0.25) is 4.79 Å². The van der Waals surface area contributed by atoms with Crippen molar-refractivity contribution < 1.29 is 4.79 Å². The van der Waals surface area contributed by atoms with E-state index in [9.17, 15) is 4.79 Å². The fourth-order valence-electron chi connectivity index (χ4n) is 2.13. The van der Waals surface area contributed by atoms with Crippen molar-refractivity contribution in [2.75, 3.05) is 7.05 Å². The minimum absolute atomic E-state index is 0.176. The number of fused-ring (bicyclic) bond motifs is 1. The second-order valence-electron chi connectivity index (χ2n) is 3.82. The van der Waals surface area contributed by atoms with Crippen LogP contribution in [0.5, 0.6) is 0 Å². The van der Waals surface area contributed by atoms with Gasteiger partial charge in [-0.05, 0) is 30.4 Å². The van der Waals surface area contributed by atoms with Crippen LogP contribution in [0, 0.1) is 5.92 Å². The summed E-state index contributed by atoms with van der Waals surface area (Å²) in [5, 5.41) is 2.73. The van der Waals surface area contributed by atoms with E-state index in [0.717, 1.165) is 19.3 Å². The van der Waals surface area contributed by atoms with E-state index in [0.29, 0.717) is 0 Å². The van der Waals surface area contributed by atoms with Crippen LogP contribution < -0.4 is 5.32 Å². The van der Waals surface area contributed by atoms with Crippen LogP contribution in [0.25, 0.3) is 0 Å². The summed E-state index contributed by atoms with van der Waals surface area (Å²) in [6, 6.07) is 8.41. The van der Waals surface area contributed by atoms with Crippen LogP contribution in [0.4, 0.5) is 0 Å². The van der Waals surface area contributed by atoms with Crippen molar-refractivity contribution in [2.24, 2.45) is 5.92 Å². The number of hydrogen-bond donors (Lipinski definition) is 1. The fraction of sp³-hybridized carbons (Fsp3) is 0.417. The van der Waals surface area contributed by atoms with Crippen LogP contribution in [-0.4, -0.2) is 13.0 Å². The molecule has 0 saturated carbocycles. The first-order chi connectivity index (χ1) is 6.81. The van der Waals surface area contributed by atoms with Crippen LogP contribution in [0.2, 0.25) is 0 Å². The van der Waals surface area contributed by atoms with E-state index in [-0.39, 0.29) is 11.8 Å². The summed E-state index contributed by atoms with van der Waals surface area (Å²) in [4.78, 5) is 11.5. The third-order valence-electron chi connectivity index (χ3n) is 2.96. The van der Waals surface area contributed by atoms with Gasteiger partial charge in [-0.2, -0.15) is 0 Å². The quantitative estimate of drug-likeness (QED) is 0.713. The van der Waals surface area contributed by atoms with Crippen molar-refractivity contribution in [1.29, 1.82) is 0 Å². The average molecular weight is 189 g/mol. The molecule has 2 heteroatoms. The summed E-state index contributed by atoms with van der Waals surface area (Å²) in [6.45, 7) is 0. The molecule has 0 heterocycles. The molecule has 0 aliphatic heterocycles. The van der Waals surface area contributed by atoms with Gasteiger partial charge in [0, 0.05) is 13.0 Å². The highest BCUT2D eigenvalue weighted by Gasteiger charge is 2.23. The predicted molar refractivity (Wildman–Crippen MR) is 56.0 cm³/mol. The van der Waals surface area contributed by atoms with Crippen LogP contribution in [0.15, 0.2) is 24.3 Å². The lowest BCUT2D eigenvalue weighted by Crippen LogP contribution is -2.31. The normalized spacial score (nSPS) is 19.9. The van der Waals surface area contributed by atoms with Gasteiger partial charge in [-0.25, -0.2) is 0 Å². The Hall–Kier alpha value is -1.31. The second kappa shape index (κ2) is 3.82. The molecule has 2 nitrogen and oxygen atoms in total. The molecular weight excluding hydrogens is 174 g/mol. The monoisotopic (exact) mass is 189 g/mol. The molecular formula is C12H15NO. The first kappa shape index (κ1) is 9.25. The number of nitrogens with one attached hydrogen (secondary N) is 1. The van der Waals surface area contributed by atoms with Crippen molar-refractivity contribution in [1.82, 2.24) is 5.32 Å². The van der Waals surface area contributed by atoms with Crippen molar-refractivity contribution in [3.63, 3.8) is 0 Å². The van der Waals surface area contributed by atoms with Gasteiger partial charge in [0.2, 0.25) is 5.91 Å². The molecule has 0 aromatic heterocycles. The van der Waals surface area contributed by atoms with Gasteiger partial charge >= 0.3 is 0 Å². The van der Waals surface area contributed by atoms with Gasteiger partial charge in [-0.15, -0.1) is 0 Å². The molecule has 1 aliphatic carbocycles. The molecule has 0 saturated heterocycles. The minimum atomic E-state index is 0.176. The van der Waals surface area contributed by atoms with Crippen molar-refractivity contribution in [2.45, 2.75) is 19.3 Å². The molecule has 14 heavy (non-hydrogen) atoms. The summed E-state index contributed by atoms with van der Waals surface area (Å²) in [6.07, 6.45) is 2.92. The summed E-state index contributed by atoms with van der Waals surface area (Å²) in [5.41, 5.74) is 2.75. The van der Waals surface area contributed by atoms with Gasteiger partial charge in [-0.1, -0.05) is 24.3 Å². The van der Waals surface area contributed by atoms with Gasteiger partial charge in [0.15, 0.2) is 0 Å². The molecule has 1 unspecified atom stereocenters. The highest BCUT2D eigenvalue weighted by molar-refractivity contribution is 5.79. The van der Waals surface area contributed by atoms with E-state index in [4.69, 9.17) is 0 Å². The fourth-order valence-corrected chi connectivity index (χ4v) is 2.13. The summed E-state index contributed by atoms with van der Waals surface area (Å²) in [7, 11) is 1.71. The van der Waals surface area contributed by atoms with E-state index in [1.54, 1.807) is 7.05 Å². The zero-order valence-corrected chi connectivity index (χ0v) is 8.42.